The first-order valence-corrected chi connectivity index (χ1v) is 23.1. The summed E-state index contributed by atoms with van der Waals surface area (Å²) in [7, 11) is 6.11. The van der Waals surface area contributed by atoms with Gasteiger partial charge in [0.1, 0.15) is 30.5 Å². The van der Waals surface area contributed by atoms with Crippen LogP contribution in [-0.2, 0) is 62.4 Å². The molecule has 1 fully saturated rings. The summed E-state index contributed by atoms with van der Waals surface area (Å²) in [6.45, 7) is 14.8. The van der Waals surface area contributed by atoms with Gasteiger partial charge in [-0.25, -0.2) is 9.59 Å². The third-order valence-electron chi connectivity index (χ3n) is 12.8. The molecule has 0 radical (unpaired) electrons. The van der Waals surface area contributed by atoms with Gasteiger partial charge in [-0.2, -0.15) is 0 Å². The molecule has 9 atom stereocenters. The molecule has 0 bridgehead atoms. The standard InChI is InChI=1S/C50H75N5O11/c1-13-32(6)44(40(64-11)28-41(57)55-25-17-20-39(55)45(65-12)34(8)46(58)51-38(49(61)62)27-35-18-15-14-16-19-35)53(9)48(60)42(30(2)3)52-47(59)43(31(4)5)54(10)50(63)66-29-37-23-21-36(22-24-37)26-33(7)56/h14-16,18-19,21-24,30-32,34,38-40,42-45H,13,17,20,25-29H2,1-12H3,(H,51,58)(H,52,59)(H,61,62)/t32-,34+,38-,39-,40+,42-,43-,44-,45+/m0/s1. The summed E-state index contributed by atoms with van der Waals surface area (Å²) in [6, 6.07) is 12.0. The second-order valence-corrected chi connectivity index (χ2v) is 18.5. The summed E-state index contributed by atoms with van der Waals surface area (Å²) < 4.78 is 17.5. The number of nitrogens with one attached hydrogen (secondary N) is 2. The largest absolute Gasteiger partial charge is 0.480 e. The number of methoxy groups -OCH3 is 2. The van der Waals surface area contributed by atoms with Gasteiger partial charge in [-0.05, 0) is 54.2 Å². The van der Waals surface area contributed by atoms with Gasteiger partial charge in [0.2, 0.25) is 23.6 Å². The molecule has 0 saturated carbocycles. The normalized spacial score (nSPS) is 17.4. The lowest BCUT2D eigenvalue weighted by Crippen LogP contribution is -2.60. The molecule has 366 valence electrons. The van der Waals surface area contributed by atoms with Crippen molar-refractivity contribution in [2.75, 3.05) is 34.9 Å². The van der Waals surface area contributed by atoms with Crippen LogP contribution >= 0.6 is 0 Å². The van der Waals surface area contributed by atoms with Crippen molar-refractivity contribution in [1.82, 2.24) is 25.3 Å². The minimum atomic E-state index is -1.16. The number of Topliss-reactive ketones (excluding diaryl/α,β-unsaturated/α-hetero) is 1. The smallest absolute Gasteiger partial charge is 0.410 e. The molecule has 16 heteroatoms. The Hall–Kier alpha value is -5.35. The van der Waals surface area contributed by atoms with Crippen LogP contribution in [-0.4, -0.2) is 139 Å². The number of rotatable bonds is 25. The first-order valence-electron chi connectivity index (χ1n) is 23.1. The van der Waals surface area contributed by atoms with Crippen LogP contribution in [0.15, 0.2) is 54.6 Å². The second-order valence-electron chi connectivity index (χ2n) is 18.5. The highest BCUT2D eigenvalue weighted by molar-refractivity contribution is 5.92. The van der Waals surface area contributed by atoms with Gasteiger partial charge in [-0.1, -0.05) is 109 Å². The second kappa shape index (κ2) is 26.1. The number of ether oxygens (including phenoxy) is 3. The van der Waals surface area contributed by atoms with Crippen LogP contribution in [0.1, 0.15) is 97.8 Å². The predicted molar refractivity (Wildman–Crippen MR) is 250 cm³/mol. The van der Waals surface area contributed by atoms with E-state index >= 15 is 0 Å². The van der Waals surface area contributed by atoms with E-state index in [-0.39, 0.29) is 54.8 Å². The Morgan fingerprint density at radius 3 is 1.95 bits per heavy atom. The predicted octanol–water partition coefficient (Wildman–Crippen LogP) is 5.28. The van der Waals surface area contributed by atoms with E-state index in [9.17, 15) is 38.7 Å². The maximum Gasteiger partial charge on any atom is 0.410 e. The minimum Gasteiger partial charge on any atom is -0.480 e. The average Bonchev–Trinajstić information content (AvgIpc) is 3.76. The Bertz CT molecular complexity index is 1930. The Morgan fingerprint density at radius 2 is 1.42 bits per heavy atom. The number of likely N-dealkylation sites (tertiary alicyclic amines) is 1. The van der Waals surface area contributed by atoms with Crippen LogP contribution < -0.4 is 10.6 Å². The van der Waals surface area contributed by atoms with Crippen LogP contribution in [0.3, 0.4) is 0 Å². The molecule has 5 amide bonds. The number of benzene rings is 2. The molecule has 2 aromatic rings. The Balaban J connectivity index is 1.75. The fourth-order valence-corrected chi connectivity index (χ4v) is 8.96. The van der Waals surface area contributed by atoms with Crippen LogP contribution in [0.5, 0.6) is 0 Å². The Labute approximate surface area is 391 Å². The van der Waals surface area contributed by atoms with Crippen molar-refractivity contribution in [3.8, 4) is 0 Å². The molecule has 1 aliphatic rings. The average molecular weight is 922 g/mol. The molecule has 0 aliphatic carbocycles. The molecular formula is C50H75N5O11. The number of ketones is 1. The summed E-state index contributed by atoms with van der Waals surface area (Å²) in [4.78, 5) is 98.0. The van der Waals surface area contributed by atoms with Crippen LogP contribution in [0.4, 0.5) is 4.79 Å². The van der Waals surface area contributed by atoms with E-state index in [1.165, 1.54) is 33.1 Å². The summed E-state index contributed by atoms with van der Waals surface area (Å²) in [6.07, 6.45) is -0.00106. The van der Waals surface area contributed by atoms with Gasteiger partial charge in [0, 0.05) is 47.7 Å². The Kier molecular flexibility index (Phi) is 21.7. The number of hydrogen-bond acceptors (Lipinski definition) is 10. The molecule has 2 aromatic carbocycles. The number of nitrogens with zero attached hydrogens (tertiary/aromatic N) is 3. The van der Waals surface area contributed by atoms with Gasteiger partial charge in [-0.3, -0.25) is 28.9 Å². The zero-order chi connectivity index (χ0) is 49.4. The third kappa shape index (κ3) is 15.1. The molecule has 3 rings (SSSR count). The van der Waals surface area contributed by atoms with E-state index in [0.29, 0.717) is 32.2 Å². The first kappa shape index (κ1) is 55.0. The summed E-state index contributed by atoms with van der Waals surface area (Å²) in [5.41, 5.74) is 2.33. The number of carbonyl (C=O) groups excluding carboxylic acids is 6. The van der Waals surface area contributed by atoms with Gasteiger partial charge in [0.05, 0.1) is 36.6 Å². The van der Waals surface area contributed by atoms with Gasteiger partial charge >= 0.3 is 12.1 Å². The maximum atomic E-state index is 14.6. The SMILES string of the molecule is CC[C@H](C)[C@@H]([C@@H](CC(=O)N1CCC[C@H]1[C@H](OC)[C@@H](C)C(=O)N[C@@H](Cc1ccccc1)C(=O)O)OC)N(C)C(=O)[C@@H](NC(=O)[C@H](C(C)C)N(C)C(=O)OCc1ccc(CC(C)=O)cc1)C(C)C. The van der Waals surface area contributed by atoms with Crippen molar-refractivity contribution >= 4 is 41.5 Å². The molecule has 3 N–H and O–H groups in total. The Morgan fingerprint density at radius 1 is 0.803 bits per heavy atom. The summed E-state index contributed by atoms with van der Waals surface area (Å²) in [5.74, 6) is -4.42. The molecular weight excluding hydrogens is 847 g/mol. The van der Waals surface area contributed by atoms with Crippen LogP contribution in [0.2, 0.25) is 0 Å². The van der Waals surface area contributed by atoms with Crippen molar-refractivity contribution in [2.45, 2.75) is 143 Å². The monoisotopic (exact) mass is 922 g/mol. The lowest BCUT2D eigenvalue weighted by atomic mass is 9.89. The molecule has 1 aliphatic heterocycles. The van der Waals surface area contributed by atoms with E-state index in [4.69, 9.17) is 14.2 Å². The van der Waals surface area contributed by atoms with Gasteiger partial charge in [-0.15, -0.1) is 0 Å². The fraction of sp³-hybridized carbons (Fsp3) is 0.620. The number of carbonyl (C=O) groups is 7. The van der Waals surface area contributed by atoms with Crippen LogP contribution in [0.25, 0.3) is 0 Å². The highest BCUT2D eigenvalue weighted by atomic mass is 16.6. The number of carboxylic acids is 1. The quantitative estimate of drug-likeness (QED) is 0.117. The molecule has 1 saturated heterocycles. The lowest BCUT2D eigenvalue weighted by molar-refractivity contribution is -0.148. The molecule has 0 aromatic heterocycles. The highest BCUT2D eigenvalue weighted by Gasteiger charge is 2.44. The van der Waals surface area contributed by atoms with E-state index in [1.54, 1.807) is 86.1 Å². The molecule has 16 nitrogen and oxygen atoms in total. The topological polar surface area (TPSA) is 201 Å². The van der Waals surface area contributed by atoms with Gasteiger partial charge in [0.15, 0.2) is 0 Å². The van der Waals surface area contributed by atoms with E-state index in [0.717, 1.165) is 16.7 Å². The zero-order valence-corrected chi connectivity index (χ0v) is 41.1. The van der Waals surface area contributed by atoms with E-state index < -0.39 is 72.2 Å². The van der Waals surface area contributed by atoms with Crippen molar-refractivity contribution in [3.05, 3.63) is 71.3 Å². The van der Waals surface area contributed by atoms with Gasteiger partial charge in [0.25, 0.3) is 0 Å². The van der Waals surface area contributed by atoms with Gasteiger partial charge < -0.3 is 39.8 Å². The van der Waals surface area contributed by atoms with Crippen LogP contribution in [0, 0.1) is 23.7 Å². The molecule has 0 spiro atoms. The van der Waals surface area contributed by atoms with E-state index in [2.05, 4.69) is 10.6 Å². The zero-order valence-electron chi connectivity index (χ0n) is 41.1. The van der Waals surface area contributed by atoms with Crippen molar-refractivity contribution in [2.24, 2.45) is 23.7 Å². The van der Waals surface area contributed by atoms with E-state index in [1.807, 2.05) is 33.8 Å². The maximum absolute atomic E-state index is 14.6. The number of amides is 5. The number of carboxylic acid groups (broad SMARTS) is 1. The number of aliphatic carboxylic acids is 1. The summed E-state index contributed by atoms with van der Waals surface area (Å²) in [5, 5.41) is 15.5. The number of likely N-dealkylation sites (N-methyl/N-ethyl adjacent to an activating group) is 2. The molecule has 0 unspecified atom stereocenters. The fourth-order valence-electron chi connectivity index (χ4n) is 8.96. The van der Waals surface area contributed by atoms with Crippen molar-refractivity contribution in [3.63, 3.8) is 0 Å². The lowest BCUT2D eigenvalue weighted by Gasteiger charge is -2.41. The summed E-state index contributed by atoms with van der Waals surface area (Å²) >= 11 is 0. The minimum absolute atomic E-state index is 0.0411. The van der Waals surface area contributed by atoms with Crippen molar-refractivity contribution < 1.29 is 52.9 Å². The molecule has 66 heavy (non-hydrogen) atoms. The number of hydrogen-bond donors (Lipinski definition) is 3. The highest BCUT2D eigenvalue weighted by Crippen LogP contribution is 2.30. The van der Waals surface area contributed by atoms with Crippen molar-refractivity contribution in [1.29, 1.82) is 0 Å². The molecule has 1 heterocycles. The first-order chi connectivity index (χ1) is 31.2. The third-order valence-corrected chi connectivity index (χ3v) is 12.8.